The molecule has 1 aromatic carbocycles. The molecule has 3 nitrogen and oxygen atoms in total. The van der Waals surface area contributed by atoms with E-state index in [0.29, 0.717) is 6.54 Å². The molecular formula is C13H17BrN2O. The molecule has 0 saturated carbocycles. The number of halogens is 1. The summed E-state index contributed by atoms with van der Waals surface area (Å²) in [7, 11) is 0. The summed E-state index contributed by atoms with van der Waals surface area (Å²) in [5, 5.41) is 0. The fourth-order valence-corrected chi connectivity index (χ4v) is 2.57. The van der Waals surface area contributed by atoms with Crippen LogP contribution in [0.25, 0.3) is 0 Å². The molecule has 0 aliphatic carbocycles. The first-order valence-electron chi connectivity index (χ1n) is 5.89. The van der Waals surface area contributed by atoms with Gasteiger partial charge in [0.05, 0.1) is 0 Å². The van der Waals surface area contributed by atoms with Gasteiger partial charge in [0.2, 0.25) is 0 Å². The third-order valence-electron chi connectivity index (χ3n) is 3.24. The van der Waals surface area contributed by atoms with Gasteiger partial charge >= 0.3 is 0 Å². The van der Waals surface area contributed by atoms with E-state index < -0.39 is 0 Å². The summed E-state index contributed by atoms with van der Waals surface area (Å²) >= 11 is 3.45. The van der Waals surface area contributed by atoms with E-state index in [0.717, 1.165) is 35.0 Å². The maximum atomic E-state index is 12.4. The largest absolute Gasteiger partial charge is 0.337 e. The van der Waals surface area contributed by atoms with Crippen LogP contribution < -0.4 is 5.73 Å². The molecule has 2 N–H and O–H groups in total. The number of carbonyl (C=O) groups is 1. The zero-order valence-electron chi connectivity index (χ0n) is 9.95. The molecule has 0 radical (unpaired) electrons. The lowest BCUT2D eigenvalue weighted by atomic mass is 10.0. The highest BCUT2D eigenvalue weighted by Gasteiger charge is 2.23. The van der Waals surface area contributed by atoms with Gasteiger partial charge in [-0.2, -0.15) is 0 Å². The summed E-state index contributed by atoms with van der Waals surface area (Å²) in [6.07, 6.45) is 2.02. The van der Waals surface area contributed by atoms with Crippen molar-refractivity contribution in [1.82, 2.24) is 4.90 Å². The molecule has 17 heavy (non-hydrogen) atoms. The second-order valence-electron chi connectivity index (χ2n) is 4.57. The normalized spacial score (nSPS) is 20.4. The molecule has 1 atom stereocenters. The SMILES string of the molecule is Cc1c(Br)cccc1C(=O)N1CCC[C@@H](N)C1. The smallest absolute Gasteiger partial charge is 0.254 e. The number of benzene rings is 1. The highest BCUT2D eigenvalue weighted by atomic mass is 79.9. The predicted molar refractivity (Wildman–Crippen MR) is 72.0 cm³/mol. The Balaban J connectivity index is 2.22. The molecule has 0 unspecified atom stereocenters. The van der Waals surface area contributed by atoms with E-state index in [9.17, 15) is 4.79 Å². The summed E-state index contributed by atoms with van der Waals surface area (Å²) in [6.45, 7) is 3.45. The number of rotatable bonds is 1. The molecule has 1 aromatic rings. The fraction of sp³-hybridized carbons (Fsp3) is 0.462. The number of amides is 1. The van der Waals surface area contributed by atoms with Crippen molar-refractivity contribution in [3.05, 3.63) is 33.8 Å². The summed E-state index contributed by atoms with van der Waals surface area (Å²) in [5.41, 5.74) is 7.67. The minimum absolute atomic E-state index is 0.0963. The number of likely N-dealkylation sites (tertiary alicyclic amines) is 1. The lowest BCUT2D eigenvalue weighted by Crippen LogP contribution is -2.45. The Morgan fingerprint density at radius 2 is 2.29 bits per heavy atom. The van der Waals surface area contributed by atoms with Crippen molar-refractivity contribution in [1.29, 1.82) is 0 Å². The van der Waals surface area contributed by atoms with Gasteiger partial charge in [-0.15, -0.1) is 0 Å². The van der Waals surface area contributed by atoms with Crippen LogP contribution in [0.4, 0.5) is 0 Å². The van der Waals surface area contributed by atoms with Crippen molar-refractivity contribution in [2.24, 2.45) is 5.73 Å². The van der Waals surface area contributed by atoms with Crippen molar-refractivity contribution in [3.63, 3.8) is 0 Å². The molecule has 1 heterocycles. The summed E-state index contributed by atoms with van der Waals surface area (Å²) in [4.78, 5) is 14.2. The Morgan fingerprint density at radius 3 is 3.00 bits per heavy atom. The number of nitrogens with zero attached hydrogens (tertiary/aromatic N) is 1. The molecule has 2 rings (SSSR count). The number of hydrogen-bond acceptors (Lipinski definition) is 2. The van der Waals surface area contributed by atoms with Gasteiger partial charge < -0.3 is 10.6 Å². The number of carbonyl (C=O) groups excluding carboxylic acids is 1. The van der Waals surface area contributed by atoms with Crippen LogP contribution in [0.3, 0.4) is 0 Å². The van der Waals surface area contributed by atoms with Crippen LogP contribution in [0.15, 0.2) is 22.7 Å². The predicted octanol–water partition coefficient (Wildman–Crippen LogP) is 2.32. The van der Waals surface area contributed by atoms with Gasteiger partial charge in [-0.25, -0.2) is 0 Å². The topological polar surface area (TPSA) is 46.3 Å². The first kappa shape index (κ1) is 12.6. The monoisotopic (exact) mass is 296 g/mol. The Bertz CT molecular complexity index is 433. The third kappa shape index (κ3) is 2.69. The van der Waals surface area contributed by atoms with Gasteiger partial charge in [0.1, 0.15) is 0 Å². The fourth-order valence-electron chi connectivity index (χ4n) is 2.20. The number of nitrogens with two attached hydrogens (primary N) is 1. The molecule has 1 aliphatic heterocycles. The Hall–Kier alpha value is -0.870. The van der Waals surface area contributed by atoms with E-state index in [2.05, 4.69) is 15.9 Å². The molecule has 0 spiro atoms. The maximum absolute atomic E-state index is 12.4. The molecule has 1 saturated heterocycles. The highest BCUT2D eigenvalue weighted by molar-refractivity contribution is 9.10. The molecule has 1 amide bonds. The van der Waals surface area contributed by atoms with E-state index in [1.165, 1.54) is 0 Å². The van der Waals surface area contributed by atoms with Gasteiger partial charge in [0.25, 0.3) is 5.91 Å². The Morgan fingerprint density at radius 1 is 1.53 bits per heavy atom. The molecule has 1 fully saturated rings. The molecule has 1 aliphatic rings. The van der Waals surface area contributed by atoms with Crippen LogP contribution in [-0.4, -0.2) is 29.9 Å². The summed E-state index contributed by atoms with van der Waals surface area (Å²) in [6, 6.07) is 5.85. The van der Waals surface area contributed by atoms with E-state index in [1.54, 1.807) is 0 Å². The average Bonchev–Trinajstić information content (AvgIpc) is 2.32. The molecule has 4 heteroatoms. The van der Waals surface area contributed by atoms with Crippen molar-refractivity contribution < 1.29 is 4.79 Å². The van der Waals surface area contributed by atoms with Gasteiger partial charge in [-0.1, -0.05) is 22.0 Å². The van der Waals surface area contributed by atoms with E-state index >= 15 is 0 Å². The molecule has 92 valence electrons. The lowest BCUT2D eigenvalue weighted by molar-refractivity contribution is 0.0708. The first-order valence-corrected chi connectivity index (χ1v) is 6.69. The standard InChI is InChI=1S/C13H17BrN2O/c1-9-11(5-2-6-12(9)14)13(17)16-7-3-4-10(15)8-16/h2,5-6,10H,3-4,7-8,15H2,1H3/t10-/m1/s1. The van der Waals surface area contributed by atoms with Crippen molar-refractivity contribution in [2.75, 3.05) is 13.1 Å². The highest BCUT2D eigenvalue weighted by Crippen LogP contribution is 2.22. The van der Waals surface area contributed by atoms with Crippen LogP contribution in [0.2, 0.25) is 0 Å². The van der Waals surface area contributed by atoms with Crippen LogP contribution >= 0.6 is 15.9 Å². The Labute approximate surface area is 110 Å². The minimum Gasteiger partial charge on any atom is -0.337 e. The molecule has 0 bridgehead atoms. The zero-order chi connectivity index (χ0) is 12.4. The van der Waals surface area contributed by atoms with Gasteiger partial charge in [-0.05, 0) is 37.5 Å². The quantitative estimate of drug-likeness (QED) is 0.864. The average molecular weight is 297 g/mol. The molecule has 0 aromatic heterocycles. The lowest BCUT2D eigenvalue weighted by Gasteiger charge is -2.31. The van der Waals surface area contributed by atoms with Crippen molar-refractivity contribution >= 4 is 21.8 Å². The van der Waals surface area contributed by atoms with Crippen molar-refractivity contribution in [3.8, 4) is 0 Å². The summed E-state index contributed by atoms with van der Waals surface area (Å²) < 4.78 is 0.977. The molecular weight excluding hydrogens is 280 g/mol. The van der Waals surface area contributed by atoms with Crippen LogP contribution in [0.5, 0.6) is 0 Å². The van der Waals surface area contributed by atoms with Crippen LogP contribution in [-0.2, 0) is 0 Å². The van der Waals surface area contributed by atoms with Crippen LogP contribution in [0, 0.1) is 6.92 Å². The van der Waals surface area contributed by atoms with Gasteiger partial charge in [-0.3, -0.25) is 4.79 Å². The van der Waals surface area contributed by atoms with E-state index in [-0.39, 0.29) is 11.9 Å². The third-order valence-corrected chi connectivity index (χ3v) is 4.10. The minimum atomic E-state index is 0.0963. The second kappa shape index (κ2) is 5.19. The first-order chi connectivity index (χ1) is 8.09. The maximum Gasteiger partial charge on any atom is 0.254 e. The van der Waals surface area contributed by atoms with Gasteiger partial charge in [0, 0.05) is 29.2 Å². The van der Waals surface area contributed by atoms with E-state index in [1.807, 2.05) is 30.0 Å². The van der Waals surface area contributed by atoms with Gasteiger partial charge in [0.15, 0.2) is 0 Å². The number of piperidine rings is 1. The van der Waals surface area contributed by atoms with E-state index in [4.69, 9.17) is 5.73 Å². The second-order valence-corrected chi connectivity index (χ2v) is 5.42. The van der Waals surface area contributed by atoms with Crippen LogP contribution in [0.1, 0.15) is 28.8 Å². The Kier molecular flexibility index (Phi) is 3.84. The van der Waals surface area contributed by atoms with Crippen molar-refractivity contribution in [2.45, 2.75) is 25.8 Å². The number of hydrogen-bond donors (Lipinski definition) is 1. The summed E-state index contributed by atoms with van der Waals surface area (Å²) in [5.74, 6) is 0.0963. The zero-order valence-corrected chi connectivity index (χ0v) is 11.5.